The number of anilines is 1. The number of carbonyl (C=O) groups excluding carboxylic acids is 2. The average molecular weight is 345 g/mol. The maximum Gasteiger partial charge on any atom is 0.230 e. The third-order valence-electron chi connectivity index (χ3n) is 4.28. The van der Waals surface area contributed by atoms with Gasteiger partial charge in [-0.1, -0.05) is 41.9 Å². The summed E-state index contributed by atoms with van der Waals surface area (Å²) in [7, 11) is 1.70. The van der Waals surface area contributed by atoms with E-state index in [0.717, 1.165) is 5.56 Å². The number of phenols is 1. The maximum atomic E-state index is 12.7. The molecule has 0 aromatic heterocycles. The van der Waals surface area contributed by atoms with Crippen LogP contribution in [0.2, 0.25) is 5.02 Å². The van der Waals surface area contributed by atoms with Crippen molar-refractivity contribution in [1.29, 1.82) is 0 Å². The number of nitrogens with one attached hydrogen (secondary N) is 1. The molecule has 0 bridgehead atoms. The minimum absolute atomic E-state index is 0.0679. The number of hydrogen-bond donors (Lipinski definition) is 2. The molecule has 3 rings (SSSR count). The molecule has 1 aliphatic rings. The van der Waals surface area contributed by atoms with E-state index in [0.29, 0.717) is 5.02 Å². The van der Waals surface area contributed by atoms with Crippen LogP contribution in [0.25, 0.3) is 0 Å². The van der Waals surface area contributed by atoms with Crippen molar-refractivity contribution in [2.24, 2.45) is 5.92 Å². The average Bonchev–Trinajstić information content (AvgIpc) is 2.87. The fourth-order valence-electron chi connectivity index (χ4n) is 3.04. The predicted octanol–water partition coefficient (Wildman–Crippen LogP) is 3.20. The summed E-state index contributed by atoms with van der Waals surface area (Å²) in [6.45, 7) is 0. The van der Waals surface area contributed by atoms with Gasteiger partial charge in [-0.3, -0.25) is 9.59 Å². The fourth-order valence-corrected chi connectivity index (χ4v) is 3.22. The molecule has 2 aromatic rings. The van der Waals surface area contributed by atoms with Crippen LogP contribution in [0.5, 0.6) is 5.75 Å². The first-order valence-corrected chi connectivity index (χ1v) is 7.95. The second-order valence-electron chi connectivity index (χ2n) is 5.82. The van der Waals surface area contributed by atoms with Crippen molar-refractivity contribution in [2.45, 2.75) is 12.5 Å². The monoisotopic (exact) mass is 344 g/mol. The Morgan fingerprint density at radius 3 is 2.67 bits per heavy atom. The first-order valence-electron chi connectivity index (χ1n) is 7.57. The summed E-state index contributed by atoms with van der Waals surface area (Å²) in [5, 5.41) is 12.9. The van der Waals surface area contributed by atoms with Gasteiger partial charge in [-0.2, -0.15) is 0 Å². The highest BCUT2D eigenvalue weighted by Crippen LogP contribution is 2.38. The molecule has 0 unspecified atom stereocenters. The number of halogens is 1. The summed E-state index contributed by atoms with van der Waals surface area (Å²) in [5.41, 5.74) is 1.14. The topological polar surface area (TPSA) is 69.6 Å². The van der Waals surface area contributed by atoms with Crippen LogP contribution in [-0.4, -0.2) is 28.9 Å². The number of likely N-dealkylation sites (tertiary alicyclic amines) is 1. The molecular formula is C18H17ClN2O3. The van der Waals surface area contributed by atoms with Crippen molar-refractivity contribution in [3.05, 3.63) is 59.1 Å². The Kier molecular flexibility index (Phi) is 4.44. The minimum atomic E-state index is -0.539. The van der Waals surface area contributed by atoms with Gasteiger partial charge in [0, 0.05) is 18.5 Å². The van der Waals surface area contributed by atoms with Gasteiger partial charge in [0.2, 0.25) is 11.8 Å². The summed E-state index contributed by atoms with van der Waals surface area (Å²) in [6.07, 6.45) is 0.128. The molecule has 1 saturated heterocycles. The zero-order valence-electron chi connectivity index (χ0n) is 13.1. The summed E-state index contributed by atoms with van der Waals surface area (Å²) in [5.74, 6) is -1.01. The molecule has 0 saturated carbocycles. The Bertz CT molecular complexity index is 779. The van der Waals surface area contributed by atoms with E-state index in [4.69, 9.17) is 11.6 Å². The van der Waals surface area contributed by atoms with Crippen molar-refractivity contribution in [2.75, 3.05) is 12.4 Å². The lowest BCUT2D eigenvalue weighted by Crippen LogP contribution is -2.30. The van der Waals surface area contributed by atoms with Gasteiger partial charge in [-0.15, -0.1) is 0 Å². The molecule has 0 spiro atoms. The molecule has 2 amide bonds. The second-order valence-corrected chi connectivity index (χ2v) is 6.26. The molecule has 2 aromatic carbocycles. The number of benzene rings is 2. The van der Waals surface area contributed by atoms with Crippen molar-refractivity contribution < 1.29 is 14.7 Å². The van der Waals surface area contributed by atoms with E-state index in [1.54, 1.807) is 11.9 Å². The van der Waals surface area contributed by atoms with E-state index in [1.165, 1.54) is 18.2 Å². The van der Waals surface area contributed by atoms with Crippen molar-refractivity contribution in [3.8, 4) is 5.75 Å². The standard InChI is InChI=1S/C18H17ClN2O3/c1-21-16(23)10-13(17(21)11-5-3-2-4-6-11)18(24)20-14-9-12(19)7-8-15(14)22/h2-9,13,17,22H,10H2,1H3,(H,20,24)/t13-,17+/m0/s1. The SMILES string of the molecule is CN1C(=O)C[C@H](C(=O)Nc2cc(Cl)ccc2O)[C@H]1c1ccccc1. The van der Waals surface area contributed by atoms with E-state index < -0.39 is 5.92 Å². The number of hydrogen-bond acceptors (Lipinski definition) is 3. The normalized spacial score (nSPS) is 20.2. The van der Waals surface area contributed by atoms with Gasteiger partial charge >= 0.3 is 0 Å². The van der Waals surface area contributed by atoms with E-state index in [2.05, 4.69) is 5.32 Å². The Morgan fingerprint density at radius 2 is 1.96 bits per heavy atom. The van der Waals surface area contributed by atoms with Crippen LogP contribution in [-0.2, 0) is 9.59 Å². The lowest BCUT2D eigenvalue weighted by molar-refractivity contribution is -0.127. The van der Waals surface area contributed by atoms with Gasteiger partial charge in [-0.05, 0) is 23.8 Å². The highest BCUT2D eigenvalue weighted by Gasteiger charge is 2.42. The second kappa shape index (κ2) is 6.53. The summed E-state index contributed by atoms with van der Waals surface area (Å²) in [4.78, 5) is 26.4. The molecule has 1 heterocycles. The first kappa shape index (κ1) is 16.3. The third kappa shape index (κ3) is 3.08. The van der Waals surface area contributed by atoms with Gasteiger partial charge in [0.15, 0.2) is 0 Å². The Hall–Kier alpha value is -2.53. The van der Waals surface area contributed by atoms with Gasteiger partial charge in [0.1, 0.15) is 5.75 Å². The lowest BCUT2D eigenvalue weighted by Gasteiger charge is -2.25. The van der Waals surface area contributed by atoms with Gasteiger partial charge in [-0.25, -0.2) is 0 Å². The smallest absolute Gasteiger partial charge is 0.230 e. The highest BCUT2D eigenvalue weighted by molar-refractivity contribution is 6.31. The molecule has 1 fully saturated rings. The number of phenolic OH excluding ortho intramolecular Hbond substituents is 1. The fraction of sp³-hybridized carbons (Fsp3) is 0.222. The lowest BCUT2D eigenvalue weighted by atomic mass is 9.93. The van der Waals surface area contributed by atoms with Gasteiger partial charge in [0.05, 0.1) is 17.6 Å². The summed E-state index contributed by atoms with van der Waals surface area (Å²) in [6, 6.07) is 13.5. The molecule has 0 radical (unpaired) electrons. The molecule has 2 atom stereocenters. The zero-order chi connectivity index (χ0) is 17.3. The number of nitrogens with zero attached hydrogens (tertiary/aromatic N) is 1. The number of aromatic hydroxyl groups is 1. The van der Waals surface area contributed by atoms with E-state index >= 15 is 0 Å². The summed E-state index contributed by atoms with van der Waals surface area (Å²) >= 11 is 5.91. The Balaban J connectivity index is 1.87. The largest absolute Gasteiger partial charge is 0.506 e. The number of rotatable bonds is 3. The molecule has 0 aliphatic carbocycles. The van der Waals surface area contributed by atoms with Crippen LogP contribution in [0.4, 0.5) is 5.69 Å². The molecule has 2 N–H and O–H groups in total. The molecule has 6 heteroatoms. The molecule has 5 nitrogen and oxygen atoms in total. The molecule has 24 heavy (non-hydrogen) atoms. The zero-order valence-corrected chi connectivity index (χ0v) is 13.8. The quantitative estimate of drug-likeness (QED) is 0.840. The Morgan fingerprint density at radius 1 is 1.25 bits per heavy atom. The molecule has 124 valence electrons. The predicted molar refractivity (Wildman–Crippen MR) is 91.8 cm³/mol. The Labute approximate surface area is 144 Å². The maximum absolute atomic E-state index is 12.7. The van der Waals surface area contributed by atoms with Gasteiger partial charge in [0.25, 0.3) is 0 Å². The molecular weight excluding hydrogens is 328 g/mol. The number of carbonyl (C=O) groups is 2. The van der Waals surface area contributed by atoms with Crippen molar-refractivity contribution in [1.82, 2.24) is 4.90 Å². The highest BCUT2D eigenvalue weighted by atomic mass is 35.5. The van der Waals surface area contributed by atoms with Crippen LogP contribution in [0.15, 0.2) is 48.5 Å². The van der Waals surface area contributed by atoms with Gasteiger partial charge < -0.3 is 15.3 Å². The van der Waals surface area contributed by atoms with Crippen LogP contribution in [0.1, 0.15) is 18.0 Å². The van der Waals surface area contributed by atoms with Crippen LogP contribution < -0.4 is 5.32 Å². The van der Waals surface area contributed by atoms with E-state index in [9.17, 15) is 14.7 Å². The summed E-state index contributed by atoms with van der Waals surface area (Å²) < 4.78 is 0. The number of amides is 2. The van der Waals surface area contributed by atoms with Crippen molar-refractivity contribution in [3.63, 3.8) is 0 Å². The van der Waals surface area contributed by atoms with Crippen LogP contribution >= 0.6 is 11.6 Å². The minimum Gasteiger partial charge on any atom is -0.506 e. The first-order chi connectivity index (χ1) is 11.5. The van der Waals surface area contributed by atoms with Crippen LogP contribution in [0.3, 0.4) is 0 Å². The van der Waals surface area contributed by atoms with Crippen LogP contribution in [0, 0.1) is 5.92 Å². The third-order valence-corrected chi connectivity index (χ3v) is 4.52. The van der Waals surface area contributed by atoms with Crippen molar-refractivity contribution >= 4 is 29.1 Å². The molecule has 1 aliphatic heterocycles. The van der Waals surface area contributed by atoms with E-state index in [-0.39, 0.29) is 35.7 Å². The van der Waals surface area contributed by atoms with E-state index in [1.807, 2.05) is 30.3 Å².